The van der Waals surface area contributed by atoms with Gasteiger partial charge in [-0.1, -0.05) is 36.4 Å². The Morgan fingerprint density at radius 1 is 0.821 bits per heavy atom. The highest BCUT2D eigenvalue weighted by Crippen LogP contribution is 2.28. The highest BCUT2D eigenvalue weighted by Gasteiger charge is 2.11. The Balaban J connectivity index is 1.65. The van der Waals surface area contributed by atoms with E-state index in [4.69, 9.17) is 4.74 Å². The van der Waals surface area contributed by atoms with Crippen LogP contribution in [0.5, 0.6) is 17.2 Å². The molecule has 28 heavy (non-hydrogen) atoms. The number of carbonyl (C=O) groups excluding carboxylic acids is 1. The fraction of sp³-hybridized carbons (Fsp3) is 0.208. The molecule has 0 unspecified atom stereocenters. The minimum Gasteiger partial charge on any atom is -0.508 e. The van der Waals surface area contributed by atoms with Crippen LogP contribution in [0.25, 0.3) is 11.1 Å². The molecular weight excluding hydrogens is 352 g/mol. The lowest BCUT2D eigenvalue weighted by molar-refractivity contribution is -0.119. The number of carbonyl (C=O) groups is 1. The van der Waals surface area contributed by atoms with Gasteiger partial charge < -0.3 is 14.9 Å². The number of aryl methyl sites for hydroxylation is 2. The average molecular weight is 376 g/mol. The molecule has 144 valence electrons. The quantitative estimate of drug-likeness (QED) is 0.586. The third-order valence-corrected chi connectivity index (χ3v) is 4.78. The van der Waals surface area contributed by atoms with Crippen molar-refractivity contribution in [3.05, 3.63) is 77.9 Å². The van der Waals surface area contributed by atoms with Crippen molar-refractivity contribution in [3.8, 4) is 28.4 Å². The maximum absolute atomic E-state index is 12.4. The van der Waals surface area contributed by atoms with E-state index in [1.54, 1.807) is 37.4 Å². The molecule has 4 heteroatoms. The van der Waals surface area contributed by atoms with Crippen molar-refractivity contribution >= 4 is 5.78 Å². The summed E-state index contributed by atoms with van der Waals surface area (Å²) in [4.78, 5) is 12.4. The van der Waals surface area contributed by atoms with Gasteiger partial charge in [0, 0.05) is 12.8 Å². The number of aromatic hydroxyl groups is 2. The van der Waals surface area contributed by atoms with E-state index in [0.717, 1.165) is 22.3 Å². The predicted molar refractivity (Wildman–Crippen MR) is 110 cm³/mol. The van der Waals surface area contributed by atoms with Crippen molar-refractivity contribution in [3.63, 3.8) is 0 Å². The molecule has 0 amide bonds. The van der Waals surface area contributed by atoms with Crippen LogP contribution in [0.15, 0.2) is 66.7 Å². The maximum atomic E-state index is 12.4. The average Bonchev–Trinajstić information content (AvgIpc) is 2.71. The summed E-state index contributed by atoms with van der Waals surface area (Å²) < 4.78 is 5.29. The van der Waals surface area contributed by atoms with Crippen molar-refractivity contribution in [2.75, 3.05) is 7.11 Å². The summed E-state index contributed by atoms with van der Waals surface area (Å²) in [6.45, 7) is 0. The van der Waals surface area contributed by atoms with E-state index in [2.05, 4.69) is 0 Å². The van der Waals surface area contributed by atoms with Crippen molar-refractivity contribution in [1.82, 2.24) is 0 Å². The zero-order valence-corrected chi connectivity index (χ0v) is 15.9. The van der Waals surface area contributed by atoms with Gasteiger partial charge in [0.25, 0.3) is 0 Å². The number of phenolic OH excluding ortho intramolecular Hbond substituents is 2. The second-order valence-corrected chi connectivity index (χ2v) is 6.74. The zero-order chi connectivity index (χ0) is 19.9. The van der Waals surface area contributed by atoms with Gasteiger partial charge in [0.05, 0.1) is 7.11 Å². The van der Waals surface area contributed by atoms with Crippen molar-refractivity contribution in [2.24, 2.45) is 0 Å². The molecule has 0 aliphatic heterocycles. The van der Waals surface area contributed by atoms with Crippen LogP contribution in [0, 0.1) is 0 Å². The van der Waals surface area contributed by atoms with Crippen LogP contribution in [0.2, 0.25) is 0 Å². The number of benzene rings is 3. The Morgan fingerprint density at radius 3 is 2.11 bits per heavy atom. The molecule has 3 rings (SSSR count). The summed E-state index contributed by atoms with van der Waals surface area (Å²) >= 11 is 0. The predicted octanol–water partition coefficient (Wildman–Crippen LogP) is 4.91. The van der Waals surface area contributed by atoms with Crippen LogP contribution in [-0.4, -0.2) is 23.1 Å². The molecule has 0 bridgehead atoms. The largest absolute Gasteiger partial charge is 0.508 e. The van der Waals surface area contributed by atoms with E-state index in [-0.39, 0.29) is 17.3 Å². The summed E-state index contributed by atoms with van der Waals surface area (Å²) in [5, 5.41) is 19.5. The molecule has 0 fully saturated rings. The highest BCUT2D eigenvalue weighted by molar-refractivity contribution is 5.79. The van der Waals surface area contributed by atoms with E-state index in [1.165, 1.54) is 0 Å². The molecular formula is C24H24O4. The first-order chi connectivity index (χ1) is 13.6. The lowest BCUT2D eigenvalue weighted by Crippen LogP contribution is -2.04. The lowest BCUT2D eigenvalue weighted by Gasteiger charge is -2.11. The third-order valence-electron chi connectivity index (χ3n) is 4.78. The van der Waals surface area contributed by atoms with Gasteiger partial charge in [-0.3, -0.25) is 4.79 Å². The summed E-state index contributed by atoms with van der Waals surface area (Å²) in [5.74, 6) is 1.17. The van der Waals surface area contributed by atoms with Crippen LogP contribution >= 0.6 is 0 Å². The number of hydrogen-bond acceptors (Lipinski definition) is 4. The number of methoxy groups -OCH3 is 1. The first kappa shape index (κ1) is 19.5. The molecule has 0 heterocycles. The van der Waals surface area contributed by atoms with E-state index in [0.29, 0.717) is 31.4 Å². The van der Waals surface area contributed by atoms with E-state index >= 15 is 0 Å². The Bertz CT molecular complexity index is 948. The molecule has 0 aliphatic rings. The van der Waals surface area contributed by atoms with Crippen LogP contribution in [0.1, 0.15) is 24.0 Å². The van der Waals surface area contributed by atoms with Crippen LogP contribution in [0.4, 0.5) is 0 Å². The van der Waals surface area contributed by atoms with Crippen LogP contribution in [-0.2, 0) is 17.6 Å². The molecule has 0 spiro atoms. The summed E-state index contributed by atoms with van der Waals surface area (Å²) in [6.07, 6.45) is 1.85. The molecule has 0 radical (unpaired) electrons. The number of rotatable bonds is 8. The Hall–Kier alpha value is -3.27. The third kappa shape index (κ3) is 4.92. The number of Topliss-reactive ketones (excluding diaryl/α,β-unsaturated/α-hetero) is 1. The molecule has 0 aromatic heterocycles. The standard InChI is InChI=1S/C24H24O4/c1-28-24-14-12-22(27)16-19(24)8-10-20(25)9-7-18-15-21(26)11-13-23(18)17-5-3-2-4-6-17/h2-6,11-16,26-27H,7-10H2,1H3. The molecule has 0 saturated heterocycles. The van der Waals surface area contributed by atoms with Crippen LogP contribution < -0.4 is 4.74 Å². The second-order valence-electron chi connectivity index (χ2n) is 6.74. The minimum absolute atomic E-state index is 0.132. The molecule has 4 nitrogen and oxygen atoms in total. The fourth-order valence-electron chi connectivity index (χ4n) is 3.32. The van der Waals surface area contributed by atoms with Crippen molar-refractivity contribution < 1.29 is 19.7 Å². The topological polar surface area (TPSA) is 66.8 Å². The SMILES string of the molecule is COc1ccc(O)cc1CCC(=O)CCc1cc(O)ccc1-c1ccccc1. The van der Waals surface area contributed by atoms with Gasteiger partial charge >= 0.3 is 0 Å². The van der Waals surface area contributed by atoms with Gasteiger partial charge in [0.15, 0.2) is 0 Å². The Morgan fingerprint density at radius 2 is 1.43 bits per heavy atom. The van der Waals surface area contributed by atoms with Gasteiger partial charge in [0.1, 0.15) is 23.0 Å². The fourth-order valence-corrected chi connectivity index (χ4v) is 3.32. The Kier molecular flexibility index (Phi) is 6.33. The first-order valence-electron chi connectivity index (χ1n) is 9.31. The van der Waals surface area contributed by atoms with E-state index in [1.807, 2.05) is 36.4 Å². The number of hydrogen-bond donors (Lipinski definition) is 2. The summed E-state index contributed by atoms with van der Waals surface area (Å²) in [6, 6.07) is 20.1. The van der Waals surface area contributed by atoms with Gasteiger partial charge in [-0.15, -0.1) is 0 Å². The summed E-state index contributed by atoms with van der Waals surface area (Å²) in [5.41, 5.74) is 3.86. The normalized spacial score (nSPS) is 10.6. The van der Waals surface area contributed by atoms with Gasteiger partial charge in [-0.2, -0.15) is 0 Å². The molecule has 0 aliphatic carbocycles. The van der Waals surface area contributed by atoms with Gasteiger partial charge in [-0.25, -0.2) is 0 Å². The van der Waals surface area contributed by atoms with E-state index in [9.17, 15) is 15.0 Å². The smallest absolute Gasteiger partial charge is 0.133 e. The first-order valence-corrected chi connectivity index (χ1v) is 9.31. The van der Waals surface area contributed by atoms with Gasteiger partial charge in [-0.05, 0) is 65.4 Å². The molecule has 3 aromatic carbocycles. The van der Waals surface area contributed by atoms with Crippen molar-refractivity contribution in [2.45, 2.75) is 25.7 Å². The van der Waals surface area contributed by atoms with Crippen molar-refractivity contribution in [1.29, 1.82) is 0 Å². The second kappa shape index (κ2) is 9.09. The molecule has 2 N–H and O–H groups in total. The lowest BCUT2D eigenvalue weighted by atomic mass is 9.94. The minimum atomic E-state index is 0.132. The summed E-state index contributed by atoms with van der Waals surface area (Å²) in [7, 11) is 1.57. The van der Waals surface area contributed by atoms with Crippen LogP contribution in [0.3, 0.4) is 0 Å². The van der Waals surface area contributed by atoms with E-state index < -0.39 is 0 Å². The zero-order valence-electron chi connectivity index (χ0n) is 15.9. The number of ether oxygens (including phenoxy) is 1. The molecule has 0 saturated carbocycles. The highest BCUT2D eigenvalue weighted by atomic mass is 16.5. The maximum Gasteiger partial charge on any atom is 0.133 e. The monoisotopic (exact) mass is 376 g/mol. The van der Waals surface area contributed by atoms with Gasteiger partial charge in [0.2, 0.25) is 0 Å². The number of phenols is 2. The molecule has 3 aromatic rings. The molecule has 0 atom stereocenters. The number of ketones is 1. The Labute approximate surface area is 165 Å².